The van der Waals surface area contributed by atoms with E-state index in [-0.39, 0.29) is 17.6 Å². The van der Waals surface area contributed by atoms with Gasteiger partial charge in [-0.15, -0.1) is 16.8 Å². The Labute approximate surface area is 203 Å². The first kappa shape index (κ1) is 25.0. The van der Waals surface area contributed by atoms with Gasteiger partial charge >= 0.3 is 0 Å². The van der Waals surface area contributed by atoms with Crippen LogP contribution in [0.2, 0.25) is 0 Å². The molecule has 0 bridgehead atoms. The van der Waals surface area contributed by atoms with Gasteiger partial charge in [-0.2, -0.15) is 0 Å². The standard InChI is InChI=1S/C25H29N5O3S/c1-6-13-30-23(18(4)26-24(32)19-9-11-20(33-5)12-10-19)28-29-25(30)34-15-22(31)27-21-14-16(2)7-8-17(21)3/h6-12,14,18H,1,13,15H2,2-5H3,(H,26,32)(H,27,31)/t18-/m0/s1. The first-order valence-electron chi connectivity index (χ1n) is 10.8. The second kappa shape index (κ2) is 11.5. The van der Waals surface area contributed by atoms with Crippen LogP contribution in [-0.2, 0) is 11.3 Å². The number of ether oxygens (including phenoxy) is 1. The van der Waals surface area contributed by atoms with E-state index in [0.29, 0.717) is 28.8 Å². The summed E-state index contributed by atoms with van der Waals surface area (Å²) in [6, 6.07) is 12.4. The molecule has 2 aromatic carbocycles. The predicted molar refractivity (Wildman–Crippen MR) is 134 cm³/mol. The first-order valence-corrected chi connectivity index (χ1v) is 11.8. The Hall–Kier alpha value is -3.59. The molecular formula is C25H29N5O3S. The molecule has 1 atom stereocenters. The first-order chi connectivity index (χ1) is 16.3. The fraction of sp³-hybridized carbons (Fsp3) is 0.280. The number of benzene rings is 2. The lowest BCUT2D eigenvalue weighted by Gasteiger charge is -2.15. The molecule has 8 nitrogen and oxygen atoms in total. The average Bonchev–Trinajstić information content (AvgIpc) is 3.23. The number of nitrogens with zero attached hydrogens (tertiary/aromatic N) is 3. The van der Waals surface area contributed by atoms with E-state index < -0.39 is 6.04 Å². The van der Waals surface area contributed by atoms with Crippen molar-refractivity contribution in [1.82, 2.24) is 20.1 Å². The number of methoxy groups -OCH3 is 1. The zero-order valence-electron chi connectivity index (χ0n) is 19.8. The number of aryl methyl sites for hydroxylation is 2. The summed E-state index contributed by atoms with van der Waals surface area (Å²) in [5.74, 6) is 1.08. The number of hydrogen-bond donors (Lipinski definition) is 2. The molecule has 0 saturated carbocycles. The van der Waals surface area contributed by atoms with Gasteiger partial charge in [0.15, 0.2) is 11.0 Å². The van der Waals surface area contributed by atoms with Gasteiger partial charge in [0.25, 0.3) is 5.91 Å². The maximum atomic E-state index is 12.7. The van der Waals surface area contributed by atoms with Crippen LogP contribution in [0.3, 0.4) is 0 Å². The Morgan fingerprint density at radius 3 is 2.59 bits per heavy atom. The van der Waals surface area contributed by atoms with Crippen LogP contribution in [0.15, 0.2) is 60.3 Å². The third kappa shape index (κ3) is 6.26. The highest BCUT2D eigenvalue weighted by Gasteiger charge is 2.20. The topological polar surface area (TPSA) is 98.1 Å². The number of hydrogen-bond acceptors (Lipinski definition) is 6. The lowest BCUT2D eigenvalue weighted by atomic mass is 10.1. The highest BCUT2D eigenvalue weighted by Crippen LogP contribution is 2.22. The molecule has 0 fully saturated rings. The molecule has 0 aliphatic heterocycles. The Bertz CT molecular complexity index is 1170. The van der Waals surface area contributed by atoms with E-state index in [0.717, 1.165) is 16.8 Å². The van der Waals surface area contributed by atoms with Crippen LogP contribution < -0.4 is 15.4 Å². The summed E-state index contributed by atoms with van der Waals surface area (Å²) in [7, 11) is 1.58. The van der Waals surface area contributed by atoms with Crippen molar-refractivity contribution in [2.24, 2.45) is 0 Å². The van der Waals surface area contributed by atoms with Crippen LogP contribution in [-0.4, -0.2) is 39.4 Å². The van der Waals surface area contributed by atoms with Gasteiger partial charge in [-0.3, -0.25) is 9.59 Å². The van der Waals surface area contributed by atoms with E-state index in [4.69, 9.17) is 4.74 Å². The minimum atomic E-state index is -0.403. The highest BCUT2D eigenvalue weighted by atomic mass is 32.2. The summed E-state index contributed by atoms with van der Waals surface area (Å²) < 4.78 is 6.98. The third-order valence-electron chi connectivity index (χ3n) is 5.14. The van der Waals surface area contributed by atoms with Crippen molar-refractivity contribution in [1.29, 1.82) is 0 Å². The minimum Gasteiger partial charge on any atom is -0.497 e. The quantitative estimate of drug-likeness (QED) is 0.332. The number of thioether (sulfide) groups is 1. The summed E-state index contributed by atoms with van der Waals surface area (Å²) >= 11 is 1.28. The van der Waals surface area contributed by atoms with Crippen LogP contribution in [0.1, 0.15) is 40.3 Å². The second-order valence-electron chi connectivity index (χ2n) is 7.82. The maximum Gasteiger partial charge on any atom is 0.251 e. The molecule has 0 radical (unpaired) electrons. The van der Waals surface area contributed by atoms with Gasteiger partial charge in [-0.1, -0.05) is 30.0 Å². The largest absolute Gasteiger partial charge is 0.497 e. The molecule has 1 aromatic heterocycles. The van der Waals surface area contributed by atoms with Crippen LogP contribution in [0.4, 0.5) is 5.69 Å². The van der Waals surface area contributed by atoms with Gasteiger partial charge in [-0.05, 0) is 62.2 Å². The van der Waals surface area contributed by atoms with E-state index in [1.165, 1.54) is 11.8 Å². The third-order valence-corrected chi connectivity index (χ3v) is 6.11. The number of anilines is 1. The zero-order chi connectivity index (χ0) is 24.7. The number of rotatable bonds is 10. The maximum absolute atomic E-state index is 12.7. The fourth-order valence-electron chi connectivity index (χ4n) is 3.30. The molecule has 0 aliphatic rings. The van der Waals surface area contributed by atoms with Crippen LogP contribution in [0.25, 0.3) is 0 Å². The van der Waals surface area contributed by atoms with Gasteiger partial charge in [0.05, 0.1) is 18.9 Å². The predicted octanol–water partition coefficient (Wildman–Crippen LogP) is 4.31. The van der Waals surface area contributed by atoms with Crippen LogP contribution >= 0.6 is 11.8 Å². The Balaban J connectivity index is 1.66. The van der Waals surface area contributed by atoms with Crippen molar-refractivity contribution in [3.63, 3.8) is 0 Å². The summed E-state index contributed by atoms with van der Waals surface area (Å²) in [4.78, 5) is 25.2. The fourth-order valence-corrected chi connectivity index (χ4v) is 4.06. The van der Waals surface area contributed by atoms with Crippen molar-refractivity contribution in [3.05, 3.63) is 77.6 Å². The number of nitrogens with one attached hydrogen (secondary N) is 2. The van der Waals surface area contributed by atoms with E-state index in [1.807, 2.05) is 43.5 Å². The normalized spacial score (nSPS) is 11.5. The lowest BCUT2D eigenvalue weighted by molar-refractivity contribution is -0.113. The molecule has 3 aromatic rings. The Morgan fingerprint density at radius 1 is 1.18 bits per heavy atom. The lowest BCUT2D eigenvalue weighted by Crippen LogP contribution is -2.28. The molecule has 2 amide bonds. The number of allylic oxidation sites excluding steroid dienone is 1. The molecule has 0 aliphatic carbocycles. The molecule has 1 heterocycles. The minimum absolute atomic E-state index is 0.130. The SMILES string of the molecule is C=CCn1c(SCC(=O)Nc2cc(C)ccc2C)nnc1[C@H](C)NC(=O)c1ccc(OC)cc1. The molecular weight excluding hydrogens is 450 g/mol. The summed E-state index contributed by atoms with van der Waals surface area (Å²) in [6.07, 6.45) is 1.73. The number of carbonyl (C=O) groups is 2. The van der Waals surface area contributed by atoms with Gasteiger partial charge in [0, 0.05) is 17.8 Å². The van der Waals surface area contributed by atoms with Crippen molar-refractivity contribution in [2.75, 3.05) is 18.2 Å². The van der Waals surface area contributed by atoms with Crippen molar-refractivity contribution in [3.8, 4) is 5.75 Å². The van der Waals surface area contributed by atoms with Crippen molar-refractivity contribution < 1.29 is 14.3 Å². The van der Waals surface area contributed by atoms with Crippen LogP contribution in [0.5, 0.6) is 5.75 Å². The second-order valence-corrected chi connectivity index (χ2v) is 8.76. The highest BCUT2D eigenvalue weighted by molar-refractivity contribution is 7.99. The monoisotopic (exact) mass is 479 g/mol. The van der Waals surface area contributed by atoms with E-state index >= 15 is 0 Å². The smallest absolute Gasteiger partial charge is 0.251 e. The summed E-state index contributed by atoms with van der Waals surface area (Å²) in [5, 5.41) is 15.0. The van der Waals surface area contributed by atoms with Crippen molar-refractivity contribution >= 4 is 29.3 Å². The van der Waals surface area contributed by atoms with Gasteiger partial charge in [-0.25, -0.2) is 0 Å². The van der Waals surface area contributed by atoms with Gasteiger partial charge in [0.2, 0.25) is 5.91 Å². The number of carbonyl (C=O) groups excluding carboxylic acids is 2. The Kier molecular flexibility index (Phi) is 8.48. The van der Waals surface area contributed by atoms with Crippen LogP contribution in [0, 0.1) is 13.8 Å². The molecule has 178 valence electrons. The summed E-state index contributed by atoms with van der Waals surface area (Å²) in [5.41, 5.74) is 3.39. The molecule has 2 N–H and O–H groups in total. The zero-order valence-corrected chi connectivity index (χ0v) is 20.6. The summed E-state index contributed by atoms with van der Waals surface area (Å²) in [6.45, 7) is 10.0. The van der Waals surface area contributed by atoms with Crippen molar-refractivity contribution in [2.45, 2.75) is 38.5 Å². The van der Waals surface area contributed by atoms with Gasteiger partial charge < -0.3 is 19.9 Å². The molecule has 0 spiro atoms. The number of aromatic nitrogens is 3. The van der Waals surface area contributed by atoms with E-state index in [2.05, 4.69) is 27.4 Å². The molecule has 9 heteroatoms. The molecule has 3 rings (SSSR count). The molecule has 0 saturated heterocycles. The van der Waals surface area contributed by atoms with E-state index in [1.54, 1.807) is 37.5 Å². The average molecular weight is 480 g/mol. The number of amides is 2. The van der Waals surface area contributed by atoms with E-state index in [9.17, 15) is 9.59 Å². The molecule has 0 unspecified atom stereocenters. The van der Waals surface area contributed by atoms with Gasteiger partial charge in [0.1, 0.15) is 5.75 Å². The molecule has 34 heavy (non-hydrogen) atoms. The Morgan fingerprint density at radius 2 is 1.91 bits per heavy atom.